The second kappa shape index (κ2) is 7.61. The van der Waals surface area contributed by atoms with Crippen molar-refractivity contribution in [3.63, 3.8) is 0 Å². The summed E-state index contributed by atoms with van der Waals surface area (Å²) >= 11 is 0. The molecule has 8 nitrogen and oxygen atoms in total. The first-order valence-electron chi connectivity index (χ1n) is 10.3. The van der Waals surface area contributed by atoms with Crippen LogP contribution >= 0.6 is 0 Å². The molecule has 3 aromatic rings. The van der Waals surface area contributed by atoms with E-state index in [9.17, 15) is 22.8 Å². The van der Waals surface area contributed by atoms with Gasteiger partial charge in [0.2, 0.25) is 0 Å². The molecule has 1 N–H and O–H groups in total. The molecule has 5 rings (SSSR count). The molecule has 4 heterocycles. The van der Waals surface area contributed by atoms with Crippen LogP contribution in [-0.4, -0.2) is 39.7 Å². The number of hydrogen-bond acceptors (Lipinski definition) is 5. The van der Waals surface area contributed by atoms with Gasteiger partial charge in [0, 0.05) is 31.8 Å². The Labute approximate surface area is 186 Å². The van der Waals surface area contributed by atoms with E-state index in [2.05, 4.69) is 20.2 Å². The first kappa shape index (κ1) is 21.0. The number of rotatable bonds is 2. The Balaban J connectivity index is 1.53. The number of benzene rings is 1. The number of amides is 2. The number of anilines is 3. The lowest BCUT2D eigenvalue weighted by molar-refractivity contribution is -0.137. The number of halogens is 3. The predicted octanol–water partition coefficient (Wildman–Crippen LogP) is 3.49. The predicted molar refractivity (Wildman–Crippen MR) is 116 cm³/mol. The van der Waals surface area contributed by atoms with Gasteiger partial charge in [-0.15, -0.1) is 0 Å². The summed E-state index contributed by atoms with van der Waals surface area (Å²) in [5.74, 6) is 0.471. The maximum Gasteiger partial charge on any atom is 0.416 e. The summed E-state index contributed by atoms with van der Waals surface area (Å²) in [5.41, 5.74) is 0.263. The number of nitrogens with one attached hydrogen (secondary N) is 1. The highest BCUT2D eigenvalue weighted by Gasteiger charge is 2.40. The number of nitrogens with zero attached hydrogens (tertiary/aromatic N) is 5. The van der Waals surface area contributed by atoms with Gasteiger partial charge in [0.05, 0.1) is 29.3 Å². The van der Waals surface area contributed by atoms with E-state index in [0.29, 0.717) is 30.0 Å². The molecule has 2 aliphatic heterocycles. The zero-order valence-corrected chi connectivity index (χ0v) is 17.5. The van der Waals surface area contributed by atoms with Crippen LogP contribution in [-0.2, 0) is 13.2 Å². The molecule has 1 saturated heterocycles. The molecule has 11 heteroatoms. The van der Waals surface area contributed by atoms with Crippen LogP contribution in [0, 0.1) is 0 Å². The van der Waals surface area contributed by atoms with Crippen LogP contribution in [0.1, 0.15) is 12.0 Å². The zero-order valence-electron chi connectivity index (χ0n) is 17.5. The van der Waals surface area contributed by atoms with Crippen LogP contribution in [0.2, 0.25) is 0 Å². The Morgan fingerprint density at radius 2 is 2.00 bits per heavy atom. The zero-order chi connectivity index (χ0) is 23.3. The largest absolute Gasteiger partial charge is 0.416 e. The van der Waals surface area contributed by atoms with E-state index in [1.807, 2.05) is 0 Å². The van der Waals surface area contributed by atoms with Crippen molar-refractivity contribution < 1.29 is 18.0 Å². The van der Waals surface area contributed by atoms with E-state index >= 15 is 0 Å². The second-order valence-corrected chi connectivity index (χ2v) is 8.03. The maximum absolute atomic E-state index is 13.2. The minimum Gasteiger partial charge on any atom is -0.366 e. The number of aryl methyl sites for hydroxylation is 1. The van der Waals surface area contributed by atoms with Gasteiger partial charge in [0.1, 0.15) is 5.82 Å². The highest BCUT2D eigenvalue weighted by molar-refractivity contribution is 6.04. The van der Waals surface area contributed by atoms with Crippen molar-refractivity contribution in [3.8, 4) is 11.3 Å². The molecule has 1 atom stereocenters. The van der Waals surface area contributed by atoms with Crippen molar-refractivity contribution in [1.29, 1.82) is 0 Å². The molecule has 170 valence electrons. The van der Waals surface area contributed by atoms with E-state index in [1.54, 1.807) is 25.2 Å². The molecular weight excluding hydrogens is 437 g/mol. The standard InChI is InChI=1S/C22H19F3N6O2/c1-29-12-26-18(10-19(29)32)28-21(33)31-15-7-8-30(11-15)17-6-5-16(27-20(17)31)13-3-2-4-14(9-13)22(23,24)25/h2-6,9-10,12,15H,7-8,11H2,1H3,(H,28,33)/t15-/m0/s1. The molecule has 0 unspecified atom stereocenters. The van der Waals surface area contributed by atoms with Gasteiger partial charge in [-0.05, 0) is 30.7 Å². The van der Waals surface area contributed by atoms with E-state index in [0.717, 1.165) is 24.4 Å². The number of alkyl halides is 3. The average molecular weight is 456 g/mol. The fraction of sp³-hybridized carbons (Fsp3) is 0.273. The van der Waals surface area contributed by atoms with Crippen LogP contribution in [0.25, 0.3) is 11.3 Å². The van der Waals surface area contributed by atoms with Crippen LogP contribution in [0.4, 0.5) is 35.3 Å². The molecule has 0 radical (unpaired) electrons. The third-order valence-corrected chi connectivity index (χ3v) is 5.87. The summed E-state index contributed by atoms with van der Waals surface area (Å²) < 4.78 is 40.8. The van der Waals surface area contributed by atoms with Gasteiger partial charge in [-0.3, -0.25) is 15.0 Å². The fourth-order valence-corrected chi connectivity index (χ4v) is 4.19. The van der Waals surface area contributed by atoms with Crippen molar-refractivity contribution in [3.05, 3.63) is 64.7 Å². The van der Waals surface area contributed by atoms with Gasteiger partial charge in [0.25, 0.3) is 5.56 Å². The van der Waals surface area contributed by atoms with Gasteiger partial charge in [0.15, 0.2) is 5.82 Å². The number of pyridine rings is 1. The van der Waals surface area contributed by atoms with E-state index in [4.69, 9.17) is 0 Å². The first-order chi connectivity index (χ1) is 15.7. The molecule has 1 aromatic carbocycles. The third kappa shape index (κ3) is 3.79. The van der Waals surface area contributed by atoms with Crippen LogP contribution in [0.15, 0.2) is 53.6 Å². The van der Waals surface area contributed by atoms with E-state index in [1.165, 1.54) is 27.9 Å². The summed E-state index contributed by atoms with van der Waals surface area (Å²) in [4.78, 5) is 37.3. The quantitative estimate of drug-likeness (QED) is 0.638. The van der Waals surface area contributed by atoms with Gasteiger partial charge >= 0.3 is 12.2 Å². The fourth-order valence-electron chi connectivity index (χ4n) is 4.19. The number of urea groups is 1. The lowest BCUT2D eigenvalue weighted by Crippen LogP contribution is -2.48. The number of carbonyl (C=O) groups is 1. The van der Waals surface area contributed by atoms with Crippen molar-refractivity contribution >= 4 is 23.4 Å². The van der Waals surface area contributed by atoms with Crippen molar-refractivity contribution in [1.82, 2.24) is 14.5 Å². The smallest absolute Gasteiger partial charge is 0.366 e. The van der Waals surface area contributed by atoms with Crippen LogP contribution < -0.4 is 20.7 Å². The molecule has 2 aromatic heterocycles. The summed E-state index contributed by atoms with van der Waals surface area (Å²) in [6, 6.07) is 8.92. The lowest BCUT2D eigenvalue weighted by atomic mass is 10.1. The SMILES string of the molecule is Cn1cnc(NC(=O)N2c3nc(-c4cccc(C(F)(F)F)c4)ccc3N3CC[C@H]2C3)cc1=O. The van der Waals surface area contributed by atoms with Crippen LogP contribution in [0.3, 0.4) is 0 Å². The normalized spacial score (nSPS) is 17.2. The molecule has 0 saturated carbocycles. The molecule has 0 aliphatic carbocycles. The number of hydrogen-bond donors (Lipinski definition) is 1. The Morgan fingerprint density at radius 3 is 2.76 bits per heavy atom. The summed E-state index contributed by atoms with van der Waals surface area (Å²) in [6.07, 6.45) is -2.45. The molecule has 2 aliphatic rings. The average Bonchev–Trinajstić information content (AvgIpc) is 3.20. The molecule has 33 heavy (non-hydrogen) atoms. The third-order valence-electron chi connectivity index (χ3n) is 5.87. The minimum absolute atomic E-state index is 0.110. The van der Waals surface area contributed by atoms with Gasteiger partial charge in [-0.2, -0.15) is 13.2 Å². The van der Waals surface area contributed by atoms with Crippen LogP contribution in [0.5, 0.6) is 0 Å². The Hall–Kier alpha value is -3.89. The molecule has 2 amide bonds. The van der Waals surface area contributed by atoms with Gasteiger partial charge < -0.3 is 9.47 Å². The Bertz CT molecular complexity index is 1310. The molecule has 0 spiro atoms. The lowest BCUT2D eigenvalue weighted by Gasteiger charge is -2.35. The van der Waals surface area contributed by atoms with Gasteiger partial charge in [-0.25, -0.2) is 14.8 Å². The summed E-state index contributed by atoms with van der Waals surface area (Å²) in [5, 5.41) is 2.65. The van der Waals surface area contributed by atoms with E-state index < -0.39 is 17.8 Å². The highest BCUT2D eigenvalue weighted by atomic mass is 19.4. The Kier molecular flexibility index (Phi) is 4.84. The highest BCUT2D eigenvalue weighted by Crippen LogP contribution is 2.41. The molecule has 2 bridgehead atoms. The second-order valence-electron chi connectivity index (χ2n) is 8.03. The summed E-state index contributed by atoms with van der Waals surface area (Å²) in [6.45, 7) is 1.35. The van der Waals surface area contributed by atoms with Gasteiger partial charge in [-0.1, -0.05) is 12.1 Å². The number of carbonyl (C=O) groups excluding carboxylic acids is 1. The monoisotopic (exact) mass is 456 g/mol. The first-order valence-corrected chi connectivity index (χ1v) is 10.3. The number of aromatic nitrogens is 3. The topological polar surface area (TPSA) is 83.4 Å². The molecule has 1 fully saturated rings. The van der Waals surface area contributed by atoms with E-state index in [-0.39, 0.29) is 17.4 Å². The van der Waals surface area contributed by atoms with Crippen molar-refractivity contribution in [2.24, 2.45) is 7.05 Å². The number of fused-ring (bicyclic) bond motifs is 4. The Morgan fingerprint density at radius 1 is 1.18 bits per heavy atom. The molecular formula is C22H19F3N6O2. The van der Waals surface area contributed by atoms with Crippen molar-refractivity contribution in [2.75, 3.05) is 28.2 Å². The summed E-state index contributed by atoms with van der Waals surface area (Å²) in [7, 11) is 1.55. The maximum atomic E-state index is 13.2. The minimum atomic E-state index is -4.47. The van der Waals surface area contributed by atoms with Crippen molar-refractivity contribution in [2.45, 2.75) is 18.6 Å².